The minimum atomic E-state index is 0.716. The van der Waals surface area contributed by atoms with Crippen LogP contribution in [0.25, 0.3) is 11.2 Å². The number of hydrogen-bond acceptors (Lipinski definition) is 5. The molecule has 0 unspecified atom stereocenters. The van der Waals surface area contributed by atoms with Gasteiger partial charge in [0.25, 0.3) is 0 Å². The van der Waals surface area contributed by atoms with E-state index < -0.39 is 0 Å². The summed E-state index contributed by atoms with van der Waals surface area (Å²) < 4.78 is 0. The van der Waals surface area contributed by atoms with Gasteiger partial charge >= 0.3 is 0 Å². The van der Waals surface area contributed by atoms with Crippen molar-refractivity contribution in [2.24, 2.45) is 11.8 Å². The topological polar surface area (TPSA) is 69.7 Å². The number of anilines is 1. The van der Waals surface area contributed by atoms with E-state index in [0.717, 1.165) is 36.1 Å². The van der Waals surface area contributed by atoms with E-state index in [0.29, 0.717) is 5.65 Å². The van der Waals surface area contributed by atoms with Crippen LogP contribution in [0.5, 0.6) is 0 Å². The van der Waals surface area contributed by atoms with Crippen LogP contribution in [-0.2, 0) is 0 Å². The number of likely N-dealkylation sites (tertiary alicyclic amines) is 1. The zero-order chi connectivity index (χ0) is 15.4. The van der Waals surface area contributed by atoms with Crippen LogP contribution in [0.15, 0.2) is 12.7 Å². The maximum Gasteiger partial charge on any atom is 0.182 e. The summed E-state index contributed by atoms with van der Waals surface area (Å²) in [6.07, 6.45) is 6.97. The van der Waals surface area contributed by atoms with Gasteiger partial charge in [-0.1, -0.05) is 13.8 Å². The highest BCUT2D eigenvalue weighted by Crippen LogP contribution is 2.21. The molecule has 3 rings (SSSR count). The van der Waals surface area contributed by atoms with E-state index in [-0.39, 0.29) is 0 Å². The summed E-state index contributed by atoms with van der Waals surface area (Å²) >= 11 is 0. The summed E-state index contributed by atoms with van der Waals surface area (Å²) in [6, 6.07) is 0. The number of fused-ring (bicyclic) bond motifs is 1. The molecule has 1 saturated heterocycles. The predicted molar refractivity (Wildman–Crippen MR) is 88.8 cm³/mol. The first-order valence-electron chi connectivity index (χ1n) is 8.32. The lowest BCUT2D eigenvalue weighted by Gasteiger charge is -2.34. The Morgan fingerprint density at radius 1 is 1.18 bits per heavy atom. The van der Waals surface area contributed by atoms with Gasteiger partial charge in [0.15, 0.2) is 11.5 Å². The van der Waals surface area contributed by atoms with Gasteiger partial charge in [-0.25, -0.2) is 15.0 Å². The summed E-state index contributed by atoms with van der Waals surface area (Å²) in [5.41, 5.74) is 1.61. The quantitative estimate of drug-likeness (QED) is 0.802. The Bertz CT molecular complexity index is 585. The van der Waals surface area contributed by atoms with E-state index in [1.54, 1.807) is 12.7 Å². The van der Waals surface area contributed by atoms with E-state index in [2.05, 4.69) is 44.0 Å². The van der Waals surface area contributed by atoms with Gasteiger partial charge in [-0.15, -0.1) is 0 Å². The summed E-state index contributed by atoms with van der Waals surface area (Å²) in [4.78, 5) is 18.3. The largest absolute Gasteiger partial charge is 0.368 e. The maximum absolute atomic E-state index is 4.28. The van der Waals surface area contributed by atoms with Crippen molar-refractivity contribution in [1.29, 1.82) is 0 Å². The molecule has 0 bridgehead atoms. The molecule has 0 saturated carbocycles. The molecule has 0 radical (unpaired) electrons. The van der Waals surface area contributed by atoms with Crippen molar-refractivity contribution in [1.82, 2.24) is 24.8 Å². The van der Waals surface area contributed by atoms with Gasteiger partial charge in [-0.05, 0) is 37.6 Å². The molecule has 0 amide bonds. The number of aromatic nitrogens is 4. The van der Waals surface area contributed by atoms with Crippen LogP contribution >= 0.6 is 0 Å². The second-order valence-electron chi connectivity index (χ2n) is 6.66. The Kier molecular flexibility index (Phi) is 4.87. The second-order valence-corrected chi connectivity index (χ2v) is 6.66. The summed E-state index contributed by atoms with van der Waals surface area (Å²) in [6.45, 7) is 9.41. The average Bonchev–Trinajstić information content (AvgIpc) is 2.95. The van der Waals surface area contributed by atoms with Crippen LogP contribution < -0.4 is 5.32 Å². The highest BCUT2D eigenvalue weighted by atomic mass is 15.1. The van der Waals surface area contributed by atoms with Crippen molar-refractivity contribution in [3.63, 3.8) is 0 Å². The number of unbranched alkanes of at least 4 members (excludes halogenated alkanes) is 1. The number of piperidine rings is 1. The molecule has 6 nitrogen and oxygen atoms in total. The van der Waals surface area contributed by atoms with Crippen molar-refractivity contribution < 1.29 is 0 Å². The average molecular weight is 302 g/mol. The van der Waals surface area contributed by atoms with Crippen LogP contribution in [0.1, 0.15) is 33.1 Å². The predicted octanol–water partition coefficient (Wildman–Crippen LogP) is 2.52. The summed E-state index contributed by atoms with van der Waals surface area (Å²) in [5.74, 6) is 2.54. The van der Waals surface area contributed by atoms with Gasteiger partial charge in [0, 0.05) is 19.6 Å². The molecule has 0 aromatic carbocycles. The monoisotopic (exact) mass is 302 g/mol. The van der Waals surface area contributed by atoms with Gasteiger partial charge in [-0.3, -0.25) is 0 Å². The molecule has 1 aliphatic rings. The molecule has 0 spiro atoms. The molecule has 1 fully saturated rings. The van der Waals surface area contributed by atoms with Crippen molar-refractivity contribution in [2.45, 2.75) is 33.1 Å². The fourth-order valence-electron chi connectivity index (χ4n) is 3.54. The highest BCUT2D eigenvalue weighted by Gasteiger charge is 2.20. The minimum Gasteiger partial charge on any atom is -0.368 e. The molecule has 1 aliphatic heterocycles. The SMILES string of the molecule is C[C@@H]1C[C@@H](C)CN(CCCCNc2ncnc3nc[nH]c23)C1. The normalized spacial score (nSPS) is 23.0. The molecule has 3 heterocycles. The minimum absolute atomic E-state index is 0.716. The number of nitrogens with zero attached hydrogens (tertiary/aromatic N) is 4. The number of imidazole rings is 1. The summed E-state index contributed by atoms with van der Waals surface area (Å²) in [5, 5.41) is 3.39. The van der Waals surface area contributed by atoms with Crippen LogP contribution in [0.3, 0.4) is 0 Å². The van der Waals surface area contributed by atoms with Crippen molar-refractivity contribution >= 4 is 17.0 Å². The molecule has 2 aromatic heterocycles. The van der Waals surface area contributed by atoms with E-state index in [9.17, 15) is 0 Å². The second kappa shape index (κ2) is 7.05. The van der Waals surface area contributed by atoms with Crippen molar-refractivity contribution in [3.05, 3.63) is 12.7 Å². The fourth-order valence-corrected chi connectivity index (χ4v) is 3.54. The van der Waals surface area contributed by atoms with Crippen LogP contribution in [0, 0.1) is 11.8 Å². The van der Waals surface area contributed by atoms with Gasteiger partial charge < -0.3 is 15.2 Å². The molecular formula is C16H26N6. The number of aromatic amines is 1. The fraction of sp³-hybridized carbons (Fsp3) is 0.688. The van der Waals surface area contributed by atoms with Crippen LogP contribution in [0.4, 0.5) is 5.82 Å². The number of H-pyrrole nitrogens is 1. The number of hydrogen-bond donors (Lipinski definition) is 2. The molecule has 22 heavy (non-hydrogen) atoms. The van der Waals surface area contributed by atoms with Crippen LogP contribution in [-0.4, -0.2) is 51.0 Å². The Morgan fingerprint density at radius 2 is 2.00 bits per heavy atom. The third-order valence-corrected chi connectivity index (χ3v) is 4.36. The lowest BCUT2D eigenvalue weighted by atomic mass is 9.92. The number of nitrogens with one attached hydrogen (secondary N) is 2. The Balaban J connectivity index is 1.40. The van der Waals surface area contributed by atoms with E-state index >= 15 is 0 Å². The first-order valence-corrected chi connectivity index (χ1v) is 8.32. The molecule has 0 aliphatic carbocycles. The maximum atomic E-state index is 4.28. The third kappa shape index (κ3) is 3.74. The van der Waals surface area contributed by atoms with Crippen LogP contribution in [0.2, 0.25) is 0 Å². The Labute approximate surface area is 131 Å². The smallest absolute Gasteiger partial charge is 0.182 e. The lowest BCUT2D eigenvalue weighted by molar-refractivity contribution is 0.139. The van der Waals surface area contributed by atoms with E-state index in [4.69, 9.17) is 0 Å². The lowest BCUT2D eigenvalue weighted by Crippen LogP contribution is -2.39. The van der Waals surface area contributed by atoms with Gasteiger partial charge in [0.1, 0.15) is 11.8 Å². The first kappa shape index (κ1) is 15.2. The standard InChI is InChI=1S/C16H26N6/c1-12-7-13(2)9-22(8-12)6-4-3-5-17-15-14-16(19-10-18-14)21-11-20-15/h10-13H,3-9H2,1-2H3,(H2,17,18,19,20,21)/t12-,13-/m1/s1. The van der Waals surface area contributed by atoms with E-state index in [1.807, 2.05) is 0 Å². The Hall–Kier alpha value is -1.69. The molecular weight excluding hydrogens is 276 g/mol. The Morgan fingerprint density at radius 3 is 2.82 bits per heavy atom. The molecule has 6 heteroatoms. The van der Waals surface area contributed by atoms with Crippen molar-refractivity contribution in [3.8, 4) is 0 Å². The first-order chi connectivity index (χ1) is 10.7. The summed E-state index contributed by atoms with van der Waals surface area (Å²) in [7, 11) is 0. The molecule has 2 atom stereocenters. The van der Waals surface area contributed by atoms with Crippen molar-refractivity contribution in [2.75, 3.05) is 31.5 Å². The molecule has 2 N–H and O–H groups in total. The van der Waals surface area contributed by atoms with Gasteiger partial charge in [-0.2, -0.15) is 0 Å². The highest BCUT2D eigenvalue weighted by molar-refractivity contribution is 5.81. The molecule has 2 aromatic rings. The van der Waals surface area contributed by atoms with Gasteiger partial charge in [0.2, 0.25) is 0 Å². The number of rotatable bonds is 6. The van der Waals surface area contributed by atoms with E-state index in [1.165, 1.54) is 32.5 Å². The zero-order valence-corrected chi connectivity index (χ0v) is 13.5. The molecule has 120 valence electrons. The zero-order valence-electron chi connectivity index (χ0n) is 13.5. The third-order valence-electron chi connectivity index (χ3n) is 4.36. The van der Waals surface area contributed by atoms with Gasteiger partial charge in [0.05, 0.1) is 6.33 Å².